The van der Waals surface area contributed by atoms with Gasteiger partial charge in [0.2, 0.25) is 0 Å². The van der Waals surface area contributed by atoms with Crippen molar-refractivity contribution in [3.05, 3.63) is 52.8 Å². The summed E-state index contributed by atoms with van der Waals surface area (Å²) in [5.74, 6) is 0. The van der Waals surface area contributed by atoms with Gasteiger partial charge in [-0.1, -0.05) is 30.4 Å². The Bertz CT molecular complexity index is 318. The van der Waals surface area contributed by atoms with Crippen LogP contribution in [0.3, 0.4) is 0 Å². The van der Waals surface area contributed by atoms with E-state index in [9.17, 15) is 4.79 Å². The van der Waals surface area contributed by atoms with Crippen molar-refractivity contribution in [3.8, 4) is 0 Å². The lowest BCUT2D eigenvalue weighted by atomic mass is 10.4. The largest absolute Gasteiger partial charge is 0.299 e. The van der Waals surface area contributed by atoms with Gasteiger partial charge in [-0.3, -0.25) is 4.79 Å². The Balaban J connectivity index is 2.38. The van der Waals surface area contributed by atoms with Crippen molar-refractivity contribution in [2.45, 2.75) is 0 Å². The van der Waals surface area contributed by atoms with E-state index < -0.39 is 0 Å². The second kappa shape index (κ2) is 6.14. The van der Waals surface area contributed by atoms with Gasteiger partial charge in [-0.25, -0.2) is 0 Å². The first-order chi connectivity index (χ1) is 6.43. The maximum atomic E-state index is 9.89. The summed E-state index contributed by atoms with van der Waals surface area (Å²) < 4.78 is 0. The summed E-state index contributed by atoms with van der Waals surface area (Å²) in [4.78, 5) is 11.1. The molecule has 0 saturated carbocycles. The monoisotopic (exact) mass is 190 g/mol. The molecule has 1 aromatic heterocycles. The average Bonchev–Trinajstić information content (AvgIpc) is 2.63. The number of aldehydes is 1. The molecule has 0 unspecified atom stereocenters. The summed E-state index contributed by atoms with van der Waals surface area (Å²) >= 11 is 1.70. The van der Waals surface area contributed by atoms with Gasteiger partial charge in [0.1, 0.15) is 6.29 Å². The number of allylic oxidation sites excluding steroid dienone is 5. The third-order valence-electron chi connectivity index (χ3n) is 1.33. The smallest absolute Gasteiger partial charge is 0.142 e. The molecule has 0 radical (unpaired) electrons. The van der Waals surface area contributed by atoms with Crippen molar-refractivity contribution >= 4 is 23.7 Å². The number of hydrogen-bond donors (Lipinski definition) is 0. The van der Waals surface area contributed by atoms with Crippen molar-refractivity contribution in [1.29, 1.82) is 0 Å². The van der Waals surface area contributed by atoms with Crippen molar-refractivity contribution in [2.24, 2.45) is 0 Å². The van der Waals surface area contributed by atoms with E-state index in [4.69, 9.17) is 0 Å². The minimum atomic E-state index is 0.757. The molecule has 0 bridgehead atoms. The molecule has 13 heavy (non-hydrogen) atoms. The van der Waals surface area contributed by atoms with E-state index in [1.807, 2.05) is 35.8 Å². The van der Waals surface area contributed by atoms with Crippen LogP contribution in [0.2, 0.25) is 0 Å². The van der Waals surface area contributed by atoms with E-state index in [1.165, 1.54) is 11.0 Å². The molecule has 0 amide bonds. The van der Waals surface area contributed by atoms with Crippen molar-refractivity contribution in [2.75, 3.05) is 0 Å². The SMILES string of the molecule is O=C/C=C/C=C/C=C/c1cccs1. The molecule has 1 nitrogen and oxygen atoms in total. The first-order valence-corrected chi connectivity index (χ1v) is 4.80. The lowest BCUT2D eigenvalue weighted by Gasteiger charge is -1.78. The second-order valence-corrected chi connectivity index (χ2v) is 3.26. The van der Waals surface area contributed by atoms with E-state index in [0.29, 0.717) is 0 Å². The van der Waals surface area contributed by atoms with Crippen LogP contribution in [0.1, 0.15) is 4.88 Å². The third-order valence-corrected chi connectivity index (χ3v) is 2.16. The molecule has 0 saturated heterocycles. The van der Waals surface area contributed by atoms with Crippen LogP contribution in [0.15, 0.2) is 47.9 Å². The fraction of sp³-hybridized carbons (Fsp3) is 0. The zero-order valence-electron chi connectivity index (χ0n) is 7.09. The van der Waals surface area contributed by atoms with Gasteiger partial charge in [0.05, 0.1) is 0 Å². The van der Waals surface area contributed by atoms with Crippen LogP contribution in [0, 0.1) is 0 Å². The van der Waals surface area contributed by atoms with Crippen LogP contribution in [0.4, 0.5) is 0 Å². The normalized spacial score (nSPS) is 12.0. The van der Waals surface area contributed by atoms with Gasteiger partial charge in [0.15, 0.2) is 0 Å². The van der Waals surface area contributed by atoms with Crippen molar-refractivity contribution in [1.82, 2.24) is 0 Å². The minimum absolute atomic E-state index is 0.757. The Labute approximate surface area is 81.7 Å². The molecule has 0 atom stereocenters. The van der Waals surface area contributed by atoms with Crippen LogP contribution < -0.4 is 0 Å². The Morgan fingerprint density at radius 2 is 1.85 bits per heavy atom. The molecule has 0 aliphatic heterocycles. The van der Waals surface area contributed by atoms with Crippen molar-refractivity contribution in [3.63, 3.8) is 0 Å². The molecule has 1 heterocycles. The van der Waals surface area contributed by atoms with Crippen molar-refractivity contribution < 1.29 is 4.79 Å². The van der Waals surface area contributed by atoms with Crippen LogP contribution in [0.25, 0.3) is 6.08 Å². The van der Waals surface area contributed by atoms with E-state index in [2.05, 4.69) is 6.07 Å². The topological polar surface area (TPSA) is 17.1 Å². The molecular weight excluding hydrogens is 180 g/mol. The minimum Gasteiger partial charge on any atom is -0.299 e. The molecular formula is C11H10OS. The molecule has 0 aliphatic rings. The molecule has 0 spiro atoms. The molecule has 1 aromatic rings. The van der Waals surface area contributed by atoms with Crippen LogP contribution >= 0.6 is 11.3 Å². The number of hydrogen-bond acceptors (Lipinski definition) is 2. The fourth-order valence-corrected chi connectivity index (χ4v) is 1.40. The lowest BCUT2D eigenvalue weighted by molar-refractivity contribution is -0.104. The molecule has 66 valence electrons. The highest BCUT2D eigenvalue weighted by atomic mass is 32.1. The van der Waals surface area contributed by atoms with Crippen LogP contribution in [-0.2, 0) is 4.79 Å². The predicted octanol–water partition coefficient (Wildman–Crippen LogP) is 3.07. The highest BCUT2D eigenvalue weighted by molar-refractivity contribution is 7.10. The summed E-state index contributed by atoms with van der Waals surface area (Å²) in [7, 11) is 0. The molecule has 0 aromatic carbocycles. The Kier molecular flexibility index (Phi) is 4.57. The van der Waals surface area contributed by atoms with Gasteiger partial charge in [-0.15, -0.1) is 11.3 Å². The summed E-state index contributed by atoms with van der Waals surface area (Å²) in [6.45, 7) is 0. The quantitative estimate of drug-likeness (QED) is 0.405. The van der Waals surface area contributed by atoms with E-state index in [1.54, 1.807) is 17.4 Å². The fourth-order valence-electron chi connectivity index (χ4n) is 0.774. The van der Waals surface area contributed by atoms with E-state index in [-0.39, 0.29) is 0 Å². The Morgan fingerprint density at radius 1 is 1.08 bits per heavy atom. The number of carbonyl (C=O) groups excluding carboxylic acids is 1. The molecule has 1 rings (SSSR count). The Morgan fingerprint density at radius 3 is 2.54 bits per heavy atom. The summed E-state index contributed by atoms with van der Waals surface area (Å²) in [6, 6.07) is 4.07. The zero-order chi connectivity index (χ0) is 9.36. The summed E-state index contributed by atoms with van der Waals surface area (Å²) in [5, 5.41) is 2.04. The van der Waals surface area contributed by atoms with Gasteiger partial charge in [-0.05, 0) is 23.6 Å². The van der Waals surface area contributed by atoms with Gasteiger partial charge < -0.3 is 0 Å². The molecule has 0 aliphatic carbocycles. The van der Waals surface area contributed by atoms with Gasteiger partial charge in [-0.2, -0.15) is 0 Å². The average molecular weight is 190 g/mol. The lowest BCUT2D eigenvalue weighted by Crippen LogP contribution is -1.57. The third kappa shape index (κ3) is 4.23. The standard InChI is InChI=1S/C11H10OS/c12-9-5-3-1-2-4-7-11-8-6-10-13-11/h1-10H/b2-1+,5-3+,7-4+. The first-order valence-electron chi connectivity index (χ1n) is 3.92. The zero-order valence-corrected chi connectivity index (χ0v) is 7.91. The molecule has 0 N–H and O–H groups in total. The summed E-state index contributed by atoms with van der Waals surface area (Å²) in [5.41, 5.74) is 0. The highest BCUT2D eigenvalue weighted by Crippen LogP contribution is 2.09. The molecule has 0 fully saturated rings. The van der Waals surface area contributed by atoms with Gasteiger partial charge in [0, 0.05) is 4.88 Å². The maximum Gasteiger partial charge on any atom is 0.142 e. The van der Waals surface area contributed by atoms with E-state index >= 15 is 0 Å². The Hall–Kier alpha value is -1.41. The predicted molar refractivity (Wildman–Crippen MR) is 57.7 cm³/mol. The number of thiophene rings is 1. The molecule has 2 heteroatoms. The maximum absolute atomic E-state index is 9.89. The van der Waals surface area contributed by atoms with Gasteiger partial charge >= 0.3 is 0 Å². The van der Waals surface area contributed by atoms with Crippen LogP contribution in [0.5, 0.6) is 0 Å². The van der Waals surface area contributed by atoms with E-state index in [0.717, 1.165) is 6.29 Å². The number of rotatable bonds is 4. The highest BCUT2D eigenvalue weighted by Gasteiger charge is 1.81. The summed E-state index contributed by atoms with van der Waals surface area (Å²) in [6.07, 6.45) is 11.6. The second-order valence-electron chi connectivity index (χ2n) is 2.28. The van der Waals surface area contributed by atoms with Crippen LogP contribution in [-0.4, -0.2) is 6.29 Å². The first kappa shape index (κ1) is 9.68. The number of carbonyl (C=O) groups is 1. The van der Waals surface area contributed by atoms with Gasteiger partial charge in [0.25, 0.3) is 0 Å².